The third-order valence-corrected chi connectivity index (χ3v) is 1.61. The maximum absolute atomic E-state index is 5.40. The Labute approximate surface area is 84.5 Å². The molecular weight excluding hydrogens is 176 g/mol. The van der Waals surface area contributed by atoms with E-state index in [0.717, 1.165) is 5.75 Å². The van der Waals surface area contributed by atoms with E-state index in [0.29, 0.717) is 19.0 Å². The SMILES string of the molecule is C=CC(=C)OCCOc1ccccc1. The second-order valence-corrected chi connectivity index (χ2v) is 2.68. The van der Waals surface area contributed by atoms with Crippen molar-refractivity contribution in [2.75, 3.05) is 13.2 Å². The molecule has 0 unspecified atom stereocenters. The molecule has 0 heterocycles. The summed E-state index contributed by atoms with van der Waals surface area (Å²) in [5, 5.41) is 0. The molecule has 0 fully saturated rings. The molecule has 0 saturated carbocycles. The zero-order valence-electron chi connectivity index (χ0n) is 8.11. The Morgan fingerprint density at radius 1 is 1.21 bits per heavy atom. The van der Waals surface area contributed by atoms with Crippen molar-refractivity contribution in [3.63, 3.8) is 0 Å². The van der Waals surface area contributed by atoms with Crippen molar-refractivity contribution in [3.8, 4) is 5.75 Å². The Bertz CT molecular complexity index is 290. The smallest absolute Gasteiger partial charge is 0.122 e. The van der Waals surface area contributed by atoms with Crippen LogP contribution in [0.5, 0.6) is 5.75 Å². The van der Waals surface area contributed by atoms with Gasteiger partial charge in [-0.3, -0.25) is 0 Å². The largest absolute Gasteiger partial charge is 0.491 e. The molecule has 0 spiro atoms. The van der Waals surface area contributed by atoms with Crippen LogP contribution in [0.4, 0.5) is 0 Å². The summed E-state index contributed by atoms with van der Waals surface area (Å²) >= 11 is 0. The van der Waals surface area contributed by atoms with Crippen molar-refractivity contribution in [3.05, 3.63) is 55.3 Å². The predicted molar refractivity (Wildman–Crippen MR) is 57.2 cm³/mol. The lowest BCUT2D eigenvalue weighted by Crippen LogP contribution is -2.05. The Morgan fingerprint density at radius 3 is 2.57 bits per heavy atom. The molecule has 0 N–H and O–H groups in total. The Balaban J connectivity index is 2.16. The summed E-state index contributed by atoms with van der Waals surface area (Å²) in [6, 6.07) is 9.62. The predicted octanol–water partition coefficient (Wildman–Crippen LogP) is 2.78. The number of rotatable bonds is 6. The number of para-hydroxylation sites is 1. The lowest BCUT2D eigenvalue weighted by atomic mass is 10.3. The second kappa shape index (κ2) is 5.86. The van der Waals surface area contributed by atoms with E-state index in [-0.39, 0.29) is 0 Å². The molecular formula is C12H14O2. The number of hydrogen-bond donors (Lipinski definition) is 0. The van der Waals surface area contributed by atoms with E-state index >= 15 is 0 Å². The van der Waals surface area contributed by atoms with Crippen LogP contribution in [0, 0.1) is 0 Å². The van der Waals surface area contributed by atoms with Crippen LogP contribution in [0.25, 0.3) is 0 Å². The molecule has 14 heavy (non-hydrogen) atoms. The minimum absolute atomic E-state index is 0.486. The van der Waals surface area contributed by atoms with Crippen LogP contribution in [0.15, 0.2) is 55.3 Å². The third-order valence-electron chi connectivity index (χ3n) is 1.61. The van der Waals surface area contributed by atoms with Gasteiger partial charge >= 0.3 is 0 Å². The van der Waals surface area contributed by atoms with E-state index in [1.807, 2.05) is 30.3 Å². The lowest BCUT2D eigenvalue weighted by molar-refractivity contribution is 0.165. The highest BCUT2D eigenvalue weighted by Gasteiger charge is 1.92. The van der Waals surface area contributed by atoms with Crippen LogP contribution >= 0.6 is 0 Å². The molecule has 0 aromatic heterocycles. The van der Waals surface area contributed by atoms with Gasteiger partial charge in [0, 0.05) is 0 Å². The topological polar surface area (TPSA) is 18.5 Å². The molecule has 1 aromatic carbocycles. The van der Waals surface area contributed by atoms with Gasteiger partial charge in [-0.1, -0.05) is 31.4 Å². The Morgan fingerprint density at radius 2 is 1.93 bits per heavy atom. The number of allylic oxidation sites excluding steroid dienone is 1. The number of ether oxygens (including phenoxy) is 2. The first kappa shape index (κ1) is 10.4. The first-order valence-electron chi connectivity index (χ1n) is 4.45. The summed E-state index contributed by atoms with van der Waals surface area (Å²) in [7, 11) is 0. The molecule has 0 atom stereocenters. The van der Waals surface area contributed by atoms with Crippen molar-refractivity contribution in [1.29, 1.82) is 0 Å². The summed E-state index contributed by atoms with van der Waals surface area (Å²) in [6.07, 6.45) is 1.57. The van der Waals surface area contributed by atoms with Gasteiger partial charge in [0.1, 0.15) is 24.7 Å². The normalized spacial score (nSPS) is 9.14. The van der Waals surface area contributed by atoms with Gasteiger partial charge < -0.3 is 9.47 Å². The summed E-state index contributed by atoms with van der Waals surface area (Å²) in [5.74, 6) is 1.42. The van der Waals surface area contributed by atoms with E-state index < -0.39 is 0 Å². The zero-order valence-corrected chi connectivity index (χ0v) is 8.11. The maximum Gasteiger partial charge on any atom is 0.122 e. The molecule has 0 aliphatic rings. The quantitative estimate of drug-likeness (QED) is 0.390. The van der Waals surface area contributed by atoms with Crippen LogP contribution in [0.3, 0.4) is 0 Å². The lowest BCUT2D eigenvalue weighted by Gasteiger charge is -2.07. The van der Waals surface area contributed by atoms with E-state index in [1.54, 1.807) is 6.08 Å². The number of benzene rings is 1. The van der Waals surface area contributed by atoms with Gasteiger partial charge in [0.2, 0.25) is 0 Å². The van der Waals surface area contributed by atoms with Crippen molar-refractivity contribution >= 4 is 0 Å². The molecule has 0 bridgehead atoms. The standard InChI is InChI=1S/C12H14O2/c1-3-11(2)13-9-10-14-12-7-5-4-6-8-12/h3-8H,1-2,9-10H2. The summed E-state index contributed by atoms with van der Waals surface area (Å²) in [4.78, 5) is 0. The minimum Gasteiger partial charge on any atom is -0.491 e. The van der Waals surface area contributed by atoms with Gasteiger partial charge in [-0.25, -0.2) is 0 Å². The van der Waals surface area contributed by atoms with Gasteiger partial charge in [0.25, 0.3) is 0 Å². The summed E-state index contributed by atoms with van der Waals surface area (Å²) in [5.41, 5.74) is 0. The Kier molecular flexibility index (Phi) is 4.35. The molecule has 0 saturated heterocycles. The second-order valence-electron chi connectivity index (χ2n) is 2.68. The third kappa shape index (κ3) is 3.81. The minimum atomic E-state index is 0.486. The zero-order chi connectivity index (χ0) is 10.2. The first-order valence-corrected chi connectivity index (χ1v) is 4.45. The van der Waals surface area contributed by atoms with Crippen LogP contribution in [0.1, 0.15) is 0 Å². The van der Waals surface area contributed by atoms with Crippen molar-refractivity contribution in [2.24, 2.45) is 0 Å². The Hall–Kier alpha value is -1.70. The molecule has 2 nitrogen and oxygen atoms in total. The van der Waals surface area contributed by atoms with Gasteiger partial charge in [-0.05, 0) is 18.2 Å². The maximum atomic E-state index is 5.40. The average Bonchev–Trinajstić information content (AvgIpc) is 2.25. The highest BCUT2D eigenvalue weighted by atomic mass is 16.5. The molecule has 74 valence electrons. The van der Waals surface area contributed by atoms with Crippen LogP contribution in [-0.2, 0) is 4.74 Å². The highest BCUT2D eigenvalue weighted by Crippen LogP contribution is 2.07. The molecule has 0 radical (unpaired) electrons. The van der Waals surface area contributed by atoms with Gasteiger partial charge in [-0.15, -0.1) is 0 Å². The highest BCUT2D eigenvalue weighted by molar-refractivity contribution is 5.20. The molecule has 0 amide bonds. The van der Waals surface area contributed by atoms with Crippen molar-refractivity contribution in [2.45, 2.75) is 0 Å². The first-order chi connectivity index (χ1) is 6.83. The van der Waals surface area contributed by atoms with Crippen LogP contribution < -0.4 is 4.74 Å². The van der Waals surface area contributed by atoms with Crippen LogP contribution in [0.2, 0.25) is 0 Å². The van der Waals surface area contributed by atoms with E-state index in [4.69, 9.17) is 9.47 Å². The summed E-state index contributed by atoms with van der Waals surface area (Å²) < 4.78 is 10.6. The molecule has 0 aliphatic carbocycles. The van der Waals surface area contributed by atoms with Gasteiger partial charge in [-0.2, -0.15) is 0 Å². The monoisotopic (exact) mass is 190 g/mol. The fourth-order valence-corrected chi connectivity index (χ4v) is 0.908. The fraction of sp³-hybridized carbons (Fsp3) is 0.167. The molecule has 0 aliphatic heterocycles. The average molecular weight is 190 g/mol. The van der Waals surface area contributed by atoms with Crippen molar-refractivity contribution in [1.82, 2.24) is 0 Å². The summed E-state index contributed by atoms with van der Waals surface area (Å²) in [6.45, 7) is 8.15. The fourth-order valence-electron chi connectivity index (χ4n) is 0.908. The van der Waals surface area contributed by atoms with Crippen LogP contribution in [-0.4, -0.2) is 13.2 Å². The molecule has 2 heteroatoms. The molecule has 1 aromatic rings. The molecule has 1 rings (SSSR count). The van der Waals surface area contributed by atoms with Gasteiger partial charge in [0.05, 0.1) is 0 Å². The van der Waals surface area contributed by atoms with Crippen molar-refractivity contribution < 1.29 is 9.47 Å². The van der Waals surface area contributed by atoms with E-state index in [1.165, 1.54) is 0 Å². The van der Waals surface area contributed by atoms with Gasteiger partial charge in [0.15, 0.2) is 0 Å². The number of hydrogen-bond acceptors (Lipinski definition) is 2. The van der Waals surface area contributed by atoms with E-state index in [2.05, 4.69) is 13.2 Å². The van der Waals surface area contributed by atoms with E-state index in [9.17, 15) is 0 Å².